The van der Waals surface area contributed by atoms with Gasteiger partial charge in [0.25, 0.3) is 5.56 Å². The molecule has 3 aromatic rings. The van der Waals surface area contributed by atoms with Crippen LogP contribution in [0, 0.1) is 12.3 Å². The van der Waals surface area contributed by atoms with Gasteiger partial charge in [0.1, 0.15) is 5.15 Å². The molecule has 0 bridgehead atoms. The number of benzene rings is 1. The van der Waals surface area contributed by atoms with Crippen molar-refractivity contribution in [2.24, 2.45) is 5.41 Å². The number of carboxylic acid groups (broad SMARTS) is 1. The van der Waals surface area contributed by atoms with Gasteiger partial charge < -0.3 is 15.3 Å². The Morgan fingerprint density at radius 2 is 1.89 bits per heavy atom. The Hall–Kier alpha value is -3.13. The highest BCUT2D eigenvalue weighted by atomic mass is 35.5. The van der Waals surface area contributed by atoms with E-state index < -0.39 is 5.97 Å². The Balaban J connectivity index is 1.61. The van der Waals surface area contributed by atoms with Gasteiger partial charge in [-0.15, -0.1) is 0 Å². The molecule has 5 rings (SSSR count). The van der Waals surface area contributed by atoms with Crippen molar-refractivity contribution in [1.82, 2.24) is 14.5 Å². The second-order valence-electron chi connectivity index (χ2n) is 10.9. The van der Waals surface area contributed by atoms with Crippen LogP contribution in [-0.4, -0.2) is 38.7 Å². The summed E-state index contributed by atoms with van der Waals surface area (Å²) in [5, 5.41) is 13.6. The van der Waals surface area contributed by atoms with Crippen LogP contribution in [0.2, 0.25) is 5.15 Å². The number of halogens is 1. The highest BCUT2D eigenvalue weighted by Crippen LogP contribution is 2.39. The first-order valence-corrected chi connectivity index (χ1v) is 12.9. The molecule has 1 saturated carbocycles. The maximum Gasteiger partial charge on any atom is 0.356 e. The van der Waals surface area contributed by atoms with E-state index in [1.54, 1.807) is 12.1 Å². The molecule has 9 heteroatoms. The number of carboxylic acids is 1. The molecule has 8 nitrogen and oxygen atoms in total. The Kier molecular flexibility index (Phi) is 6.19. The number of aromatic nitrogens is 3. The van der Waals surface area contributed by atoms with Crippen LogP contribution in [0.15, 0.2) is 29.1 Å². The fraction of sp³-hybridized carbons (Fsp3) is 0.481. The minimum Gasteiger partial charge on any atom is -0.476 e. The molecular weight excluding hydrogens is 478 g/mol. The monoisotopic (exact) mass is 509 g/mol. The second-order valence-corrected chi connectivity index (χ2v) is 11.3. The van der Waals surface area contributed by atoms with Crippen LogP contribution in [0.4, 0.5) is 11.6 Å². The number of hydrogen-bond acceptors (Lipinski definition) is 6. The van der Waals surface area contributed by atoms with E-state index in [1.165, 1.54) is 0 Å². The van der Waals surface area contributed by atoms with E-state index in [1.807, 2.05) is 30.5 Å². The molecule has 1 aliphatic heterocycles. The summed E-state index contributed by atoms with van der Waals surface area (Å²) in [6, 6.07) is 6.97. The van der Waals surface area contributed by atoms with Gasteiger partial charge in [0.05, 0.1) is 22.6 Å². The lowest BCUT2D eigenvalue weighted by atomic mass is 9.83. The van der Waals surface area contributed by atoms with E-state index >= 15 is 0 Å². The minimum atomic E-state index is -1.16. The van der Waals surface area contributed by atoms with E-state index in [9.17, 15) is 14.7 Å². The summed E-state index contributed by atoms with van der Waals surface area (Å²) >= 11 is 5.93. The first-order chi connectivity index (χ1) is 17.0. The average Bonchev–Trinajstić information content (AvgIpc) is 3.65. The Bertz CT molecular complexity index is 1400. The molecule has 190 valence electrons. The summed E-state index contributed by atoms with van der Waals surface area (Å²) in [6.45, 7) is 10.2. The number of hydrogen-bond donors (Lipinski definition) is 2. The maximum atomic E-state index is 13.8. The zero-order valence-electron chi connectivity index (χ0n) is 21.1. The number of carbonyl (C=O) groups is 1. The Morgan fingerprint density at radius 1 is 1.19 bits per heavy atom. The number of piperidine rings is 1. The van der Waals surface area contributed by atoms with Crippen LogP contribution in [0.3, 0.4) is 0 Å². The van der Waals surface area contributed by atoms with Crippen molar-refractivity contribution in [3.63, 3.8) is 0 Å². The third-order valence-electron chi connectivity index (χ3n) is 7.37. The number of aromatic carboxylic acids is 1. The summed E-state index contributed by atoms with van der Waals surface area (Å²) in [4.78, 5) is 37.0. The molecule has 2 N–H and O–H groups in total. The van der Waals surface area contributed by atoms with E-state index in [4.69, 9.17) is 16.6 Å². The van der Waals surface area contributed by atoms with Gasteiger partial charge in [-0.05, 0) is 68.7 Å². The predicted octanol–water partition coefficient (Wildman–Crippen LogP) is 5.59. The summed E-state index contributed by atoms with van der Waals surface area (Å²) in [5.41, 5.74) is 2.95. The standard InChI is InChI=1S/C27H32ClN5O3/c1-15-13-18(16(2)29-20-7-8-21(28)30-23(20)25(35)36)22-19(14-15)24(34)33(17-5-6-17)26(31-22)32-11-9-27(3,4)10-12-32/h7-8,13-14,16-17,29H,5-6,9-12H2,1-4H3,(H,35,36)/t16-/m1/s1. The lowest BCUT2D eigenvalue weighted by molar-refractivity contribution is 0.0691. The van der Waals surface area contributed by atoms with Gasteiger partial charge in [-0.3, -0.25) is 9.36 Å². The maximum absolute atomic E-state index is 13.8. The normalized spacial score (nSPS) is 18.3. The van der Waals surface area contributed by atoms with E-state index in [0.29, 0.717) is 16.6 Å². The molecular formula is C27H32ClN5O3. The van der Waals surface area contributed by atoms with Gasteiger partial charge in [-0.1, -0.05) is 31.5 Å². The number of nitrogens with zero attached hydrogens (tertiary/aromatic N) is 4. The molecule has 2 aromatic heterocycles. The quantitative estimate of drug-likeness (QED) is 0.418. The molecule has 0 radical (unpaired) electrons. The van der Waals surface area contributed by atoms with E-state index in [-0.39, 0.29) is 33.9 Å². The van der Waals surface area contributed by atoms with Crippen LogP contribution in [0.25, 0.3) is 10.9 Å². The zero-order valence-corrected chi connectivity index (χ0v) is 21.9. The second kappa shape index (κ2) is 9.07. The summed E-state index contributed by atoms with van der Waals surface area (Å²) < 4.78 is 1.91. The van der Waals surface area contributed by atoms with Crippen molar-refractivity contribution in [3.8, 4) is 0 Å². The molecule has 2 aliphatic rings. The average molecular weight is 510 g/mol. The molecule has 0 unspecified atom stereocenters. The van der Waals surface area contributed by atoms with Crippen molar-refractivity contribution in [2.75, 3.05) is 23.3 Å². The van der Waals surface area contributed by atoms with Crippen molar-refractivity contribution in [3.05, 3.63) is 56.6 Å². The van der Waals surface area contributed by atoms with Gasteiger partial charge in [0.15, 0.2) is 5.69 Å². The predicted molar refractivity (Wildman–Crippen MR) is 142 cm³/mol. The van der Waals surface area contributed by atoms with Crippen molar-refractivity contribution >= 4 is 40.1 Å². The Morgan fingerprint density at radius 3 is 2.53 bits per heavy atom. The fourth-order valence-electron chi connectivity index (χ4n) is 5.02. The third kappa shape index (κ3) is 4.66. The van der Waals surface area contributed by atoms with Crippen LogP contribution < -0.4 is 15.8 Å². The topological polar surface area (TPSA) is 100 Å². The molecule has 1 aromatic carbocycles. The van der Waals surface area contributed by atoms with Crippen LogP contribution >= 0.6 is 11.6 Å². The number of nitrogens with one attached hydrogen (secondary N) is 1. The number of pyridine rings is 1. The van der Waals surface area contributed by atoms with Gasteiger partial charge in [0.2, 0.25) is 5.95 Å². The van der Waals surface area contributed by atoms with Crippen LogP contribution in [0.5, 0.6) is 0 Å². The molecule has 0 amide bonds. The van der Waals surface area contributed by atoms with E-state index in [0.717, 1.165) is 55.8 Å². The summed E-state index contributed by atoms with van der Waals surface area (Å²) in [6.07, 6.45) is 4.09. The third-order valence-corrected chi connectivity index (χ3v) is 7.58. The largest absolute Gasteiger partial charge is 0.476 e. The number of rotatable bonds is 6. The van der Waals surface area contributed by atoms with Crippen molar-refractivity contribution in [1.29, 1.82) is 0 Å². The van der Waals surface area contributed by atoms with Crippen molar-refractivity contribution in [2.45, 2.75) is 65.5 Å². The van der Waals surface area contributed by atoms with Crippen LogP contribution in [-0.2, 0) is 0 Å². The van der Waals surface area contributed by atoms with Gasteiger partial charge in [-0.25, -0.2) is 14.8 Å². The number of anilines is 2. The molecule has 3 heterocycles. The molecule has 1 saturated heterocycles. The number of aryl methyl sites for hydroxylation is 1. The lowest BCUT2D eigenvalue weighted by Gasteiger charge is -2.38. The minimum absolute atomic E-state index is 0.00105. The first-order valence-electron chi connectivity index (χ1n) is 12.5. The number of fused-ring (bicyclic) bond motifs is 1. The van der Waals surface area contributed by atoms with E-state index in [2.05, 4.69) is 29.0 Å². The molecule has 2 fully saturated rings. The summed E-state index contributed by atoms with van der Waals surface area (Å²) in [7, 11) is 0. The smallest absolute Gasteiger partial charge is 0.356 e. The van der Waals surface area contributed by atoms with Gasteiger partial charge in [-0.2, -0.15) is 0 Å². The van der Waals surface area contributed by atoms with Gasteiger partial charge >= 0.3 is 5.97 Å². The van der Waals surface area contributed by atoms with Crippen molar-refractivity contribution < 1.29 is 9.90 Å². The molecule has 1 atom stereocenters. The Labute approximate surface area is 215 Å². The molecule has 1 aliphatic carbocycles. The fourth-order valence-corrected chi connectivity index (χ4v) is 5.17. The SMILES string of the molecule is Cc1cc([C@@H](C)Nc2ccc(Cl)nc2C(=O)O)c2nc(N3CCC(C)(C)CC3)n(C3CC3)c(=O)c2c1. The first kappa shape index (κ1) is 24.6. The highest BCUT2D eigenvalue weighted by molar-refractivity contribution is 6.29. The zero-order chi connectivity index (χ0) is 25.8. The molecule has 36 heavy (non-hydrogen) atoms. The summed E-state index contributed by atoms with van der Waals surface area (Å²) in [5.74, 6) is -0.413. The van der Waals surface area contributed by atoms with Gasteiger partial charge in [0, 0.05) is 24.7 Å². The van der Waals surface area contributed by atoms with Crippen LogP contribution in [0.1, 0.15) is 80.2 Å². The highest BCUT2D eigenvalue weighted by Gasteiger charge is 2.34. The lowest BCUT2D eigenvalue weighted by Crippen LogP contribution is -2.41. The molecule has 0 spiro atoms.